The molecule has 0 fully saturated rings. The van der Waals surface area contributed by atoms with Crippen LogP contribution >= 0.6 is 0 Å². The minimum atomic E-state index is -5.14. The fraction of sp³-hybridized carbons (Fsp3) is 0.105. The van der Waals surface area contributed by atoms with Crippen LogP contribution in [0.2, 0.25) is 0 Å². The van der Waals surface area contributed by atoms with Crippen molar-refractivity contribution in [1.29, 1.82) is 0 Å². The van der Waals surface area contributed by atoms with Crippen LogP contribution in [-0.4, -0.2) is 16.3 Å². The van der Waals surface area contributed by atoms with Gasteiger partial charge in [0.25, 0.3) is 0 Å². The van der Waals surface area contributed by atoms with Crippen LogP contribution in [0.4, 0.5) is 13.2 Å². The molecular formula is C19H12F3NO3. The Morgan fingerprint density at radius 2 is 1.65 bits per heavy atom. The number of rotatable bonds is 2. The maximum atomic E-state index is 14.0. The summed E-state index contributed by atoms with van der Waals surface area (Å²) < 4.78 is 47.1. The summed E-state index contributed by atoms with van der Waals surface area (Å²) in [5.41, 5.74) is -5.54. The fourth-order valence-corrected chi connectivity index (χ4v) is 3.14. The number of hydrogen-bond acceptors (Lipinski definition) is 3. The van der Waals surface area contributed by atoms with Crippen molar-refractivity contribution in [2.24, 2.45) is 0 Å². The number of aromatic nitrogens is 1. The number of alkyl halides is 3. The number of aliphatic hydroxyl groups is 1. The maximum Gasteiger partial charge on any atom is 0.426 e. The second kappa shape index (κ2) is 5.47. The van der Waals surface area contributed by atoms with Crippen molar-refractivity contribution < 1.29 is 22.7 Å². The second-order valence-electron chi connectivity index (χ2n) is 5.94. The molecule has 0 spiro atoms. The Kier molecular flexibility index (Phi) is 3.45. The topological polar surface area (TPSA) is 66.2 Å². The molecule has 0 aliphatic heterocycles. The summed E-state index contributed by atoms with van der Waals surface area (Å²) in [5.74, 6) is 0. The van der Waals surface area contributed by atoms with Crippen molar-refractivity contribution >= 4 is 21.9 Å². The lowest BCUT2D eigenvalue weighted by molar-refractivity contribution is -0.248. The van der Waals surface area contributed by atoms with Gasteiger partial charge in [-0.3, -0.25) is 0 Å². The highest BCUT2D eigenvalue weighted by atomic mass is 19.4. The summed E-state index contributed by atoms with van der Waals surface area (Å²) in [6.45, 7) is 0. The minimum Gasteiger partial charge on any atom is -0.422 e. The fourth-order valence-electron chi connectivity index (χ4n) is 3.14. The SMILES string of the molecule is O=c1oc2ccccc2cc1[C@@](O)(c1c[nH]c2ccccc12)C(F)(F)F. The number of nitrogens with one attached hydrogen (secondary N) is 1. The molecule has 0 aliphatic carbocycles. The lowest BCUT2D eigenvalue weighted by Gasteiger charge is -2.29. The van der Waals surface area contributed by atoms with E-state index in [4.69, 9.17) is 4.42 Å². The van der Waals surface area contributed by atoms with Crippen LogP contribution in [-0.2, 0) is 5.60 Å². The first-order valence-corrected chi connectivity index (χ1v) is 7.71. The summed E-state index contributed by atoms with van der Waals surface area (Å²) >= 11 is 0. The molecule has 0 bridgehead atoms. The van der Waals surface area contributed by atoms with Crippen LogP contribution in [0.25, 0.3) is 21.9 Å². The first-order valence-electron chi connectivity index (χ1n) is 7.71. The standard InChI is InChI=1S/C19H12F3NO3/c20-19(21,22)18(25,14-10-23-15-7-3-2-6-12(14)15)13-9-11-5-1-4-8-16(11)26-17(13)24/h1-10,23,25H/t18-/m1/s1. The smallest absolute Gasteiger partial charge is 0.422 e. The number of fused-ring (bicyclic) bond motifs is 2. The Morgan fingerprint density at radius 1 is 0.962 bits per heavy atom. The first-order chi connectivity index (χ1) is 12.3. The van der Waals surface area contributed by atoms with Crippen molar-refractivity contribution in [2.45, 2.75) is 11.8 Å². The molecule has 0 aliphatic rings. The minimum absolute atomic E-state index is 0.143. The highest BCUT2D eigenvalue weighted by Crippen LogP contribution is 2.45. The van der Waals surface area contributed by atoms with Gasteiger partial charge >= 0.3 is 11.8 Å². The summed E-state index contributed by atoms with van der Waals surface area (Å²) in [6.07, 6.45) is -4.08. The van der Waals surface area contributed by atoms with Gasteiger partial charge in [0.15, 0.2) is 0 Å². The van der Waals surface area contributed by atoms with E-state index in [1.54, 1.807) is 30.3 Å². The van der Waals surface area contributed by atoms with Gasteiger partial charge < -0.3 is 14.5 Å². The maximum absolute atomic E-state index is 14.0. The van der Waals surface area contributed by atoms with E-state index >= 15 is 0 Å². The van der Waals surface area contributed by atoms with Gasteiger partial charge in [-0.2, -0.15) is 13.2 Å². The Hall–Kier alpha value is -3.06. The van der Waals surface area contributed by atoms with E-state index in [0.29, 0.717) is 5.52 Å². The van der Waals surface area contributed by atoms with Crippen LogP contribution in [0.5, 0.6) is 0 Å². The summed E-state index contributed by atoms with van der Waals surface area (Å²) in [4.78, 5) is 15.0. The number of H-pyrrole nitrogens is 1. The lowest BCUT2D eigenvalue weighted by Crippen LogP contribution is -2.46. The van der Waals surface area contributed by atoms with Crippen LogP contribution in [0.15, 0.2) is 70.0 Å². The van der Waals surface area contributed by atoms with Crippen molar-refractivity contribution in [1.82, 2.24) is 4.98 Å². The van der Waals surface area contributed by atoms with Gasteiger partial charge in [0.05, 0.1) is 5.56 Å². The molecule has 0 saturated carbocycles. The largest absolute Gasteiger partial charge is 0.426 e. The predicted octanol–water partition coefficient (Wildman–Crippen LogP) is 4.07. The Bertz CT molecular complexity index is 1180. The lowest BCUT2D eigenvalue weighted by atomic mass is 9.86. The van der Waals surface area contributed by atoms with Gasteiger partial charge in [0.1, 0.15) is 5.58 Å². The van der Waals surface area contributed by atoms with Gasteiger partial charge in [-0.05, 0) is 18.2 Å². The number of aromatic amines is 1. The Balaban J connectivity index is 2.09. The highest BCUT2D eigenvalue weighted by Gasteiger charge is 2.59. The third-order valence-electron chi connectivity index (χ3n) is 4.42. The van der Waals surface area contributed by atoms with Crippen molar-refractivity contribution in [3.05, 3.63) is 82.3 Å². The second-order valence-corrected chi connectivity index (χ2v) is 5.94. The van der Waals surface area contributed by atoms with Crippen LogP contribution < -0.4 is 5.63 Å². The summed E-state index contributed by atoms with van der Waals surface area (Å²) in [6, 6.07) is 13.4. The molecule has 1 atom stereocenters. The zero-order chi connectivity index (χ0) is 18.5. The number of halogens is 3. The van der Waals surface area contributed by atoms with E-state index in [1.807, 2.05) is 0 Å². The molecule has 7 heteroatoms. The number of benzene rings is 2. The van der Waals surface area contributed by atoms with E-state index in [0.717, 1.165) is 12.3 Å². The summed E-state index contributed by atoms with van der Waals surface area (Å²) in [7, 11) is 0. The van der Waals surface area contributed by atoms with Gasteiger partial charge in [-0.25, -0.2) is 4.79 Å². The summed E-state index contributed by atoms with van der Waals surface area (Å²) in [5, 5.41) is 11.3. The molecular weight excluding hydrogens is 347 g/mol. The molecule has 2 aromatic heterocycles. The van der Waals surface area contributed by atoms with E-state index in [1.165, 1.54) is 18.2 Å². The molecule has 4 nitrogen and oxygen atoms in total. The van der Waals surface area contributed by atoms with E-state index in [9.17, 15) is 23.1 Å². The van der Waals surface area contributed by atoms with Gasteiger partial charge in [-0.15, -0.1) is 0 Å². The van der Waals surface area contributed by atoms with Gasteiger partial charge in [0.2, 0.25) is 5.60 Å². The quantitative estimate of drug-likeness (QED) is 0.530. The molecule has 0 saturated heterocycles. The van der Waals surface area contributed by atoms with E-state index in [-0.39, 0.29) is 16.4 Å². The van der Waals surface area contributed by atoms with Crippen molar-refractivity contribution in [3.63, 3.8) is 0 Å². The molecule has 2 aromatic carbocycles. The van der Waals surface area contributed by atoms with Gasteiger partial charge in [0, 0.05) is 28.0 Å². The van der Waals surface area contributed by atoms with Crippen molar-refractivity contribution in [2.75, 3.05) is 0 Å². The highest BCUT2D eigenvalue weighted by molar-refractivity contribution is 5.85. The normalized spacial score (nSPS) is 14.6. The molecule has 0 unspecified atom stereocenters. The monoisotopic (exact) mass is 359 g/mol. The average Bonchev–Trinajstić information content (AvgIpc) is 3.04. The Morgan fingerprint density at radius 3 is 2.42 bits per heavy atom. The Labute approximate surface area is 144 Å². The molecule has 2 N–H and O–H groups in total. The van der Waals surface area contributed by atoms with E-state index in [2.05, 4.69) is 4.98 Å². The molecule has 4 rings (SSSR count). The van der Waals surface area contributed by atoms with Gasteiger partial charge in [-0.1, -0.05) is 36.4 Å². The molecule has 26 heavy (non-hydrogen) atoms. The molecule has 2 heterocycles. The third-order valence-corrected chi connectivity index (χ3v) is 4.42. The molecule has 0 amide bonds. The van der Waals surface area contributed by atoms with Crippen LogP contribution in [0.3, 0.4) is 0 Å². The molecule has 132 valence electrons. The third kappa shape index (κ3) is 2.24. The molecule has 0 radical (unpaired) electrons. The predicted molar refractivity (Wildman–Crippen MR) is 89.8 cm³/mol. The zero-order valence-electron chi connectivity index (χ0n) is 13.2. The van der Waals surface area contributed by atoms with Crippen LogP contribution in [0, 0.1) is 0 Å². The molecule has 4 aromatic rings. The zero-order valence-corrected chi connectivity index (χ0v) is 13.2. The number of hydrogen-bond donors (Lipinski definition) is 2. The average molecular weight is 359 g/mol. The first kappa shape index (κ1) is 16.4. The van der Waals surface area contributed by atoms with Crippen LogP contribution in [0.1, 0.15) is 11.1 Å². The number of para-hydroxylation sites is 2. The van der Waals surface area contributed by atoms with Crippen molar-refractivity contribution in [3.8, 4) is 0 Å². The van der Waals surface area contributed by atoms with E-state index < -0.39 is 28.5 Å².